The van der Waals surface area contributed by atoms with Crippen LogP contribution in [0.15, 0.2) is 114 Å². The lowest BCUT2D eigenvalue weighted by Gasteiger charge is -2.32. The van der Waals surface area contributed by atoms with Crippen molar-refractivity contribution in [3.8, 4) is 0 Å². The molecule has 2 amide bonds. The smallest absolute Gasteiger partial charge is 0.444 e. The van der Waals surface area contributed by atoms with E-state index in [1.165, 1.54) is 24.0 Å². The van der Waals surface area contributed by atoms with Gasteiger partial charge in [-0.1, -0.05) is 146 Å². The van der Waals surface area contributed by atoms with Gasteiger partial charge in [0, 0.05) is 13.1 Å². The van der Waals surface area contributed by atoms with Crippen molar-refractivity contribution < 1.29 is 72.0 Å². The molecule has 4 aromatic carbocycles. The largest absolute Gasteiger partial charge is 0.518 e. The first kappa shape index (κ1) is 67.7. The second kappa shape index (κ2) is 34.7. The summed E-state index contributed by atoms with van der Waals surface area (Å²) >= 11 is 0. The first-order valence-corrected chi connectivity index (χ1v) is 32.1. The quantitative estimate of drug-likeness (QED) is 0.0234. The van der Waals surface area contributed by atoms with E-state index >= 15 is 0 Å². The maximum atomic E-state index is 13.0. The second-order valence-electron chi connectivity index (χ2n) is 24.4. The van der Waals surface area contributed by atoms with Crippen LogP contribution in [0.2, 0.25) is 0 Å². The van der Waals surface area contributed by atoms with Crippen LogP contribution in [0.4, 0.5) is 14.4 Å². The van der Waals surface area contributed by atoms with Crippen molar-refractivity contribution >= 4 is 36.3 Å². The fraction of sp³-hybridized carbons (Fsp3) is 0.585. The van der Waals surface area contributed by atoms with Crippen LogP contribution < -0.4 is 10.6 Å². The molecule has 0 spiro atoms. The van der Waals surface area contributed by atoms with Gasteiger partial charge >= 0.3 is 18.3 Å². The number of alkyl carbamates (subject to hydrolysis) is 2. The number of carbonyl (C=O) groups is 3. The molecule has 4 N–H and O–H groups in total. The van der Waals surface area contributed by atoms with Crippen LogP contribution in [0.5, 0.6) is 0 Å². The van der Waals surface area contributed by atoms with Crippen LogP contribution in [0.25, 0.3) is 0 Å². The summed E-state index contributed by atoms with van der Waals surface area (Å²) < 4.78 is 46.2. The predicted octanol–water partition coefficient (Wildman–Crippen LogP) is 11.0. The van der Waals surface area contributed by atoms with Gasteiger partial charge in [-0.15, -0.1) is 0 Å². The molecule has 6 aliphatic rings. The maximum Gasteiger partial charge on any atom is 0.518 e. The number of carbonyl (C=O) groups excluding carboxylic acids is 3. The van der Waals surface area contributed by atoms with E-state index in [0.29, 0.717) is 52.4 Å². The number of aryl methyl sites for hydroxylation is 2. The molecule has 22 heteroatoms. The summed E-state index contributed by atoms with van der Waals surface area (Å²) in [5, 5.41) is 32.4. The number of benzene rings is 4. The molecular formula is C65H91N5O15P2. The lowest BCUT2D eigenvalue weighted by atomic mass is 10.0. The van der Waals surface area contributed by atoms with E-state index in [2.05, 4.69) is 79.3 Å². The molecule has 87 heavy (non-hydrogen) atoms. The van der Waals surface area contributed by atoms with Crippen LogP contribution in [0.3, 0.4) is 0 Å². The van der Waals surface area contributed by atoms with E-state index in [9.17, 15) is 24.6 Å². The first-order valence-electron chi connectivity index (χ1n) is 30.8. The molecule has 0 aromatic heterocycles. The molecule has 4 saturated heterocycles. The number of ether oxygens (including phenoxy) is 7. The van der Waals surface area contributed by atoms with Gasteiger partial charge in [0.05, 0.1) is 87.9 Å². The van der Waals surface area contributed by atoms with Gasteiger partial charge in [-0.2, -0.15) is 10.1 Å². The fourth-order valence-corrected chi connectivity index (χ4v) is 12.1. The third-order valence-electron chi connectivity index (χ3n) is 16.0. The summed E-state index contributed by atoms with van der Waals surface area (Å²) in [6.07, 6.45) is 7.07. The maximum absolute atomic E-state index is 13.0. The van der Waals surface area contributed by atoms with E-state index in [-0.39, 0.29) is 70.5 Å². The number of aliphatic hydroxyl groups excluding tert-OH is 2. The number of nitrogens with zero attached hydrogens (tertiary/aromatic N) is 3. The van der Waals surface area contributed by atoms with Crippen molar-refractivity contribution in [2.45, 2.75) is 192 Å². The minimum absolute atomic E-state index is 0.0582. The molecule has 10 rings (SSSR count). The molecule has 4 heterocycles. The van der Waals surface area contributed by atoms with E-state index in [1.807, 2.05) is 104 Å². The molecule has 4 aliphatic heterocycles. The Hall–Kier alpha value is -5.18. The Kier molecular flexibility index (Phi) is 27.0. The Labute approximate surface area is 517 Å². The number of aliphatic hydroxyl groups is 2. The molecule has 2 aliphatic carbocycles. The lowest BCUT2D eigenvalue weighted by molar-refractivity contribution is -0.215. The van der Waals surface area contributed by atoms with Gasteiger partial charge in [0.1, 0.15) is 17.8 Å². The van der Waals surface area contributed by atoms with Crippen molar-refractivity contribution in [1.82, 2.24) is 20.8 Å². The minimum atomic E-state index is -0.878. The molecule has 20 nitrogen and oxygen atoms in total. The third kappa shape index (κ3) is 23.0. The van der Waals surface area contributed by atoms with Crippen LogP contribution >= 0.6 is 18.0 Å². The SMILES string of the molecule is Cc1cccc(CN(CC(O)C(Cc2ccccc2)NC(=O)OC(C)(C)C)OC2CCCC2)c1.Cc1cccc(CN(CC(O)C(Cc2ccccc2)NC(=O)OC2COC3OCCC23)OC2CCCC2)c1.O=C(OP=NP)OC1COC2OCCC12. The summed E-state index contributed by atoms with van der Waals surface area (Å²) in [5.74, 6) is 0.199. The average Bonchev–Trinajstić information content (AvgIpc) is 2.45. The Morgan fingerprint density at radius 2 is 1.05 bits per heavy atom. The molecule has 476 valence electrons. The number of fused-ring (bicyclic) bond motifs is 2. The molecule has 4 aromatic rings. The Bertz CT molecular complexity index is 2740. The lowest BCUT2D eigenvalue weighted by Crippen LogP contribution is -2.50. The van der Waals surface area contributed by atoms with Gasteiger partial charge in [-0.25, -0.2) is 18.9 Å². The van der Waals surface area contributed by atoms with Gasteiger partial charge in [-0.3, -0.25) is 9.68 Å². The average molecular weight is 1240 g/mol. The molecule has 0 bridgehead atoms. The highest BCUT2D eigenvalue weighted by molar-refractivity contribution is 7.31. The third-order valence-corrected chi connectivity index (χ3v) is 16.6. The molecular weight excluding hydrogens is 1150 g/mol. The zero-order chi connectivity index (χ0) is 61.5. The highest BCUT2D eigenvalue weighted by atomic mass is 31.1. The van der Waals surface area contributed by atoms with Crippen LogP contribution in [0, 0.1) is 25.7 Å². The Morgan fingerprint density at radius 1 is 0.609 bits per heavy atom. The molecule has 11 unspecified atom stereocenters. The first-order chi connectivity index (χ1) is 42.0. The molecule has 6 fully saturated rings. The molecule has 2 saturated carbocycles. The zero-order valence-corrected chi connectivity index (χ0v) is 53.1. The van der Waals surface area contributed by atoms with Crippen LogP contribution in [-0.4, -0.2) is 145 Å². The number of hydrogen-bond acceptors (Lipinski definition) is 18. The summed E-state index contributed by atoms with van der Waals surface area (Å²) in [7, 11) is 2.31. The number of rotatable bonds is 23. The van der Waals surface area contributed by atoms with E-state index in [1.54, 1.807) is 0 Å². The number of hydrogen-bond donors (Lipinski definition) is 4. The normalized spacial score (nSPS) is 23.2. The monoisotopic (exact) mass is 1240 g/mol. The van der Waals surface area contributed by atoms with Crippen LogP contribution in [-0.2, 0) is 73.3 Å². The van der Waals surface area contributed by atoms with E-state index < -0.39 is 48.2 Å². The fourth-order valence-electron chi connectivity index (χ4n) is 11.8. The van der Waals surface area contributed by atoms with Crippen molar-refractivity contribution in [2.24, 2.45) is 16.4 Å². The standard InChI is InChI=1S/C30H40N2O6.C28H40N2O4.C7H11NO5P2/c1-21-8-7-11-23(16-21)18-32(38-24-12-5-6-13-24)19-27(33)26(17-22-9-3-2-4-10-22)31-30(34)37-28-20-36-29-25(28)14-15-35-29;1-21-11-10-14-23(17-21)19-30(34-24-15-8-9-16-24)20-26(31)25(18-22-12-6-5-7-13-22)29-27(32)33-28(2,3)4;9-7(13-15-8-14)12-5-3-11-6-4(5)1-2-10-6/h2-4,7-11,16,24-29,33H,5-6,12-15,17-20H2,1H3,(H,31,34);5-7,10-14,17,24-26,31H,8-9,15-16,18-20H2,1-4H3,(H,29,32);4-6H,1-3,14H2. The van der Waals surface area contributed by atoms with Gasteiger partial charge < -0.3 is 58.5 Å². The van der Waals surface area contributed by atoms with Gasteiger partial charge in [0.15, 0.2) is 12.6 Å². The van der Waals surface area contributed by atoms with Gasteiger partial charge in [0.2, 0.25) is 0 Å². The summed E-state index contributed by atoms with van der Waals surface area (Å²) in [4.78, 5) is 49.4. The summed E-state index contributed by atoms with van der Waals surface area (Å²) in [6.45, 7) is 13.3. The topological polar surface area (TPSA) is 227 Å². The van der Waals surface area contributed by atoms with Crippen molar-refractivity contribution in [3.05, 3.63) is 143 Å². The number of amides is 2. The van der Waals surface area contributed by atoms with E-state index in [0.717, 1.165) is 73.6 Å². The Balaban J connectivity index is 0.000000184. The van der Waals surface area contributed by atoms with E-state index in [4.69, 9.17) is 42.8 Å². The number of nitrogens with one attached hydrogen (secondary N) is 2. The minimum Gasteiger partial charge on any atom is -0.444 e. The van der Waals surface area contributed by atoms with Crippen molar-refractivity contribution in [1.29, 1.82) is 0 Å². The molecule has 0 radical (unpaired) electrons. The predicted molar refractivity (Wildman–Crippen MR) is 331 cm³/mol. The molecule has 11 atom stereocenters. The van der Waals surface area contributed by atoms with Gasteiger partial charge in [-0.05, 0) is 118 Å². The highest BCUT2D eigenvalue weighted by Crippen LogP contribution is 2.35. The summed E-state index contributed by atoms with van der Waals surface area (Å²) in [6, 6.07) is 35.3. The van der Waals surface area contributed by atoms with Crippen LogP contribution in [0.1, 0.15) is 118 Å². The number of hydroxylamine groups is 4. The highest BCUT2D eigenvalue weighted by Gasteiger charge is 2.45. The van der Waals surface area contributed by atoms with Gasteiger partial charge in [0.25, 0.3) is 8.60 Å². The van der Waals surface area contributed by atoms with Crippen molar-refractivity contribution in [2.75, 3.05) is 39.5 Å². The zero-order valence-electron chi connectivity index (χ0n) is 51.0. The Morgan fingerprint density at radius 3 is 1.48 bits per heavy atom. The van der Waals surface area contributed by atoms with Crippen molar-refractivity contribution in [3.63, 3.8) is 0 Å². The second-order valence-corrected chi connectivity index (χ2v) is 25.6. The summed E-state index contributed by atoms with van der Waals surface area (Å²) in [5.41, 5.74) is 6.06.